The van der Waals surface area contributed by atoms with E-state index in [-0.39, 0.29) is 5.91 Å². The number of pyridine rings is 1. The maximum Gasteiger partial charge on any atom is 0.274 e. The summed E-state index contributed by atoms with van der Waals surface area (Å²) >= 11 is 6.09. The smallest absolute Gasteiger partial charge is 0.274 e. The number of anilines is 3. The number of para-hydroxylation sites is 2. The molecule has 0 bridgehead atoms. The molecule has 0 spiro atoms. The second-order valence-corrected chi connectivity index (χ2v) is 6.79. The van der Waals surface area contributed by atoms with Crippen LogP contribution in [-0.2, 0) is 6.42 Å². The van der Waals surface area contributed by atoms with E-state index in [4.69, 9.17) is 11.6 Å². The number of halogens is 1. The lowest BCUT2D eigenvalue weighted by Crippen LogP contribution is -2.24. The van der Waals surface area contributed by atoms with Gasteiger partial charge in [0.1, 0.15) is 5.69 Å². The second kappa shape index (κ2) is 6.81. The van der Waals surface area contributed by atoms with Gasteiger partial charge in [-0.05, 0) is 49.2 Å². The van der Waals surface area contributed by atoms with Crippen molar-refractivity contribution in [2.24, 2.45) is 0 Å². The van der Waals surface area contributed by atoms with Gasteiger partial charge >= 0.3 is 0 Å². The molecule has 0 aliphatic carbocycles. The quantitative estimate of drug-likeness (QED) is 0.706. The van der Waals surface area contributed by atoms with Gasteiger partial charge in [0.05, 0.1) is 22.6 Å². The number of carbonyl (C=O) groups excluding carboxylic acids is 1. The topological polar surface area (TPSA) is 45.2 Å². The summed E-state index contributed by atoms with van der Waals surface area (Å²) in [6.45, 7) is 2.19. The Morgan fingerprint density at radius 1 is 1.12 bits per heavy atom. The Morgan fingerprint density at radius 3 is 2.65 bits per heavy atom. The van der Waals surface area contributed by atoms with Gasteiger partial charge < -0.3 is 10.2 Å². The minimum atomic E-state index is -0.278. The number of carbonyl (C=O) groups is 1. The molecule has 0 saturated heterocycles. The summed E-state index contributed by atoms with van der Waals surface area (Å²) in [7, 11) is 0. The second-order valence-electron chi connectivity index (χ2n) is 6.39. The van der Waals surface area contributed by atoms with Crippen molar-refractivity contribution in [3.63, 3.8) is 0 Å². The molecular weight excluding hydrogens is 346 g/mol. The van der Waals surface area contributed by atoms with Gasteiger partial charge in [0, 0.05) is 11.7 Å². The van der Waals surface area contributed by atoms with Crippen molar-refractivity contribution in [3.8, 4) is 0 Å². The minimum absolute atomic E-state index is 0.278. The highest BCUT2D eigenvalue weighted by Crippen LogP contribution is 2.37. The first-order valence-corrected chi connectivity index (χ1v) is 8.90. The van der Waals surface area contributed by atoms with E-state index in [0.717, 1.165) is 12.1 Å². The third-order valence-corrected chi connectivity index (χ3v) is 4.92. The van der Waals surface area contributed by atoms with Crippen molar-refractivity contribution in [2.45, 2.75) is 19.4 Å². The van der Waals surface area contributed by atoms with E-state index in [1.165, 1.54) is 11.3 Å². The number of amides is 1. The van der Waals surface area contributed by atoms with E-state index >= 15 is 0 Å². The van der Waals surface area contributed by atoms with Crippen LogP contribution in [0.5, 0.6) is 0 Å². The summed E-state index contributed by atoms with van der Waals surface area (Å²) in [5.41, 5.74) is 4.45. The Balaban J connectivity index is 1.56. The van der Waals surface area contributed by atoms with E-state index < -0.39 is 0 Å². The van der Waals surface area contributed by atoms with Gasteiger partial charge in [0.15, 0.2) is 0 Å². The normalized spacial score (nSPS) is 15.6. The summed E-state index contributed by atoms with van der Waals surface area (Å²) in [5.74, 6) is -0.278. The number of rotatable bonds is 3. The number of benzene rings is 2. The van der Waals surface area contributed by atoms with E-state index in [2.05, 4.69) is 40.3 Å². The van der Waals surface area contributed by atoms with E-state index in [1.807, 2.05) is 24.3 Å². The van der Waals surface area contributed by atoms with Crippen molar-refractivity contribution in [1.82, 2.24) is 4.98 Å². The highest BCUT2D eigenvalue weighted by Gasteiger charge is 2.27. The van der Waals surface area contributed by atoms with Crippen molar-refractivity contribution < 1.29 is 4.79 Å². The van der Waals surface area contributed by atoms with Gasteiger partial charge in [0.2, 0.25) is 0 Å². The molecule has 4 nitrogen and oxygen atoms in total. The van der Waals surface area contributed by atoms with Gasteiger partial charge in [-0.25, -0.2) is 4.98 Å². The number of hydrogen-bond acceptors (Lipinski definition) is 3. The molecule has 1 aliphatic rings. The molecule has 1 aromatic heterocycles. The van der Waals surface area contributed by atoms with Crippen LogP contribution in [-0.4, -0.2) is 16.9 Å². The third-order valence-electron chi connectivity index (χ3n) is 4.59. The fraction of sp³-hybridized carbons (Fsp3) is 0.143. The Bertz CT molecular complexity index is 955. The number of aromatic nitrogens is 1. The SMILES string of the molecule is CC1Cc2ccccc2N1c1ccc(C(=O)Nc2ccccc2Cl)nc1. The lowest BCUT2D eigenvalue weighted by atomic mass is 10.1. The third kappa shape index (κ3) is 3.04. The average molecular weight is 364 g/mol. The van der Waals surface area contributed by atoms with Crippen molar-refractivity contribution in [2.75, 3.05) is 10.2 Å². The lowest BCUT2D eigenvalue weighted by molar-refractivity contribution is 0.102. The first-order chi connectivity index (χ1) is 12.6. The van der Waals surface area contributed by atoms with Crippen LogP contribution >= 0.6 is 11.6 Å². The molecule has 1 atom stereocenters. The molecule has 2 heterocycles. The van der Waals surface area contributed by atoms with Gasteiger partial charge in [-0.15, -0.1) is 0 Å². The zero-order chi connectivity index (χ0) is 18.1. The molecule has 1 aliphatic heterocycles. The fourth-order valence-electron chi connectivity index (χ4n) is 3.37. The Kier molecular flexibility index (Phi) is 4.35. The van der Waals surface area contributed by atoms with E-state index in [9.17, 15) is 4.79 Å². The largest absolute Gasteiger partial charge is 0.337 e. The fourth-order valence-corrected chi connectivity index (χ4v) is 3.55. The van der Waals surface area contributed by atoms with Gasteiger partial charge in [-0.2, -0.15) is 0 Å². The van der Waals surface area contributed by atoms with Crippen LogP contribution in [0, 0.1) is 0 Å². The molecule has 130 valence electrons. The first kappa shape index (κ1) is 16.6. The van der Waals surface area contributed by atoms with Gasteiger partial charge in [-0.3, -0.25) is 4.79 Å². The van der Waals surface area contributed by atoms with Crippen molar-refractivity contribution >= 4 is 34.6 Å². The molecule has 0 fully saturated rings. The molecule has 5 heteroatoms. The monoisotopic (exact) mass is 363 g/mol. The lowest BCUT2D eigenvalue weighted by Gasteiger charge is -2.24. The van der Waals surface area contributed by atoms with Crippen LogP contribution in [0.25, 0.3) is 0 Å². The van der Waals surface area contributed by atoms with Gasteiger partial charge in [0.25, 0.3) is 5.91 Å². The Labute approximate surface area is 157 Å². The van der Waals surface area contributed by atoms with Crippen LogP contribution in [0.3, 0.4) is 0 Å². The summed E-state index contributed by atoms with van der Waals surface area (Å²) in [5, 5.41) is 3.29. The molecule has 0 radical (unpaired) electrons. The van der Waals surface area contributed by atoms with Gasteiger partial charge in [-0.1, -0.05) is 41.9 Å². The van der Waals surface area contributed by atoms with E-state index in [1.54, 1.807) is 24.4 Å². The van der Waals surface area contributed by atoms with Crippen LogP contribution < -0.4 is 10.2 Å². The highest BCUT2D eigenvalue weighted by molar-refractivity contribution is 6.33. The zero-order valence-electron chi connectivity index (χ0n) is 14.3. The summed E-state index contributed by atoms with van der Waals surface area (Å²) in [6, 6.07) is 19.6. The maximum atomic E-state index is 12.4. The zero-order valence-corrected chi connectivity index (χ0v) is 15.1. The van der Waals surface area contributed by atoms with Crippen molar-refractivity contribution in [1.29, 1.82) is 0 Å². The number of nitrogens with one attached hydrogen (secondary N) is 1. The molecule has 1 amide bonds. The molecule has 0 saturated carbocycles. The number of fused-ring (bicyclic) bond motifs is 1. The minimum Gasteiger partial charge on any atom is -0.337 e. The molecule has 1 unspecified atom stereocenters. The Morgan fingerprint density at radius 2 is 1.88 bits per heavy atom. The summed E-state index contributed by atoms with van der Waals surface area (Å²) in [4.78, 5) is 19.0. The molecule has 3 aromatic rings. The molecule has 2 aromatic carbocycles. The van der Waals surface area contributed by atoms with Crippen LogP contribution in [0.2, 0.25) is 5.02 Å². The average Bonchev–Trinajstić information content (AvgIpc) is 2.99. The molecule has 26 heavy (non-hydrogen) atoms. The summed E-state index contributed by atoms with van der Waals surface area (Å²) < 4.78 is 0. The molecule has 4 rings (SSSR count). The standard InChI is InChI=1S/C21H18ClN3O/c1-14-12-15-6-2-5-9-20(15)25(14)16-10-11-19(23-13-16)21(26)24-18-8-4-3-7-17(18)22/h2-11,13-14H,12H2,1H3,(H,24,26). The van der Waals surface area contributed by atoms with Crippen LogP contribution in [0.15, 0.2) is 66.9 Å². The molecule has 1 N–H and O–H groups in total. The summed E-state index contributed by atoms with van der Waals surface area (Å²) in [6.07, 6.45) is 2.75. The van der Waals surface area contributed by atoms with Crippen molar-refractivity contribution in [3.05, 3.63) is 83.1 Å². The van der Waals surface area contributed by atoms with Crippen LogP contribution in [0.4, 0.5) is 17.1 Å². The number of nitrogens with zero attached hydrogens (tertiary/aromatic N) is 2. The predicted octanol–water partition coefficient (Wildman–Crippen LogP) is 5.07. The number of hydrogen-bond donors (Lipinski definition) is 1. The first-order valence-electron chi connectivity index (χ1n) is 8.52. The van der Waals surface area contributed by atoms with Crippen LogP contribution in [0.1, 0.15) is 23.0 Å². The molecular formula is C21H18ClN3O. The highest BCUT2D eigenvalue weighted by atomic mass is 35.5. The van der Waals surface area contributed by atoms with E-state index in [0.29, 0.717) is 22.4 Å². The maximum absolute atomic E-state index is 12.4. The Hall–Kier alpha value is -2.85. The predicted molar refractivity (Wildman–Crippen MR) is 105 cm³/mol.